The number of rotatable bonds is 7. The summed E-state index contributed by atoms with van der Waals surface area (Å²) in [6, 6.07) is 20.5. The Morgan fingerprint density at radius 1 is 1.02 bits per heavy atom. The van der Waals surface area contributed by atoms with Gasteiger partial charge >= 0.3 is 0 Å². The molecule has 1 aliphatic carbocycles. The number of carbonyl (C=O) groups is 2. The molecule has 0 saturated carbocycles. The Labute approximate surface area is 235 Å². The molecule has 0 aliphatic heterocycles. The smallest absolute Gasteiger partial charge is 0.264 e. The van der Waals surface area contributed by atoms with E-state index >= 15 is 0 Å². The minimum Gasteiger partial charge on any atom is -0.484 e. The van der Waals surface area contributed by atoms with Crippen LogP contribution in [0.15, 0.2) is 79.1 Å². The van der Waals surface area contributed by atoms with Crippen molar-refractivity contribution in [2.75, 3.05) is 26.0 Å². The first-order valence-electron chi connectivity index (χ1n) is 12.8. The van der Waals surface area contributed by atoms with Gasteiger partial charge in [-0.2, -0.15) is 5.10 Å². The van der Waals surface area contributed by atoms with Crippen molar-refractivity contribution in [3.8, 4) is 33.3 Å². The number of ether oxygens (including phenoxy) is 1. The lowest BCUT2D eigenvalue weighted by atomic mass is 9.95. The second kappa shape index (κ2) is 10.7. The lowest BCUT2D eigenvalue weighted by Gasteiger charge is -2.15. The molecule has 0 radical (unpaired) electrons. The highest BCUT2D eigenvalue weighted by Gasteiger charge is 2.30. The van der Waals surface area contributed by atoms with Gasteiger partial charge in [0, 0.05) is 43.2 Å². The van der Waals surface area contributed by atoms with Crippen LogP contribution in [-0.2, 0) is 17.6 Å². The molecule has 3 aromatic heterocycles. The number of amides is 2. The summed E-state index contributed by atoms with van der Waals surface area (Å²) < 4.78 is 7.49. The van der Waals surface area contributed by atoms with Gasteiger partial charge in [-0.1, -0.05) is 29.5 Å². The van der Waals surface area contributed by atoms with E-state index in [0.29, 0.717) is 16.4 Å². The Kier molecular flexibility index (Phi) is 6.83. The summed E-state index contributed by atoms with van der Waals surface area (Å²) in [4.78, 5) is 36.6. The lowest BCUT2D eigenvalue weighted by molar-refractivity contribution is -0.118. The number of pyridine rings is 1. The molecule has 0 spiro atoms. The maximum absolute atomic E-state index is 12.6. The van der Waals surface area contributed by atoms with Crippen molar-refractivity contribution >= 4 is 28.3 Å². The fourth-order valence-electron chi connectivity index (χ4n) is 4.67. The van der Waals surface area contributed by atoms with Crippen LogP contribution in [-0.4, -0.2) is 57.2 Å². The molecule has 200 valence electrons. The molecule has 0 bridgehead atoms. The molecule has 9 nitrogen and oxygen atoms in total. The van der Waals surface area contributed by atoms with E-state index in [1.54, 1.807) is 37.3 Å². The van der Waals surface area contributed by atoms with Crippen LogP contribution >= 0.6 is 11.3 Å². The van der Waals surface area contributed by atoms with Crippen LogP contribution in [0.5, 0.6) is 5.75 Å². The number of benzene rings is 2. The summed E-state index contributed by atoms with van der Waals surface area (Å²) in [5.74, 6) is 0.290. The summed E-state index contributed by atoms with van der Waals surface area (Å²) >= 11 is 1.42. The SMILES string of the molecule is CN(C)C(=O)c1ccc(-n2nc(-c3cccnc3)c3c2-c2sc(NC(=O)COc4ccccc4)nc2CC3)cc1. The zero-order chi connectivity index (χ0) is 27.6. The van der Waals surface area contributed by atoms with Gasteiger partial charge in [0.25, 0.3) is 11.8 Å². The average molecular weight is 551 g/mol. The van der Waals surface area contributed by atoms with E-state index in [0.717, 1.165) is 51.6 Å². The van der Waals surface area contributed by atoms with Gasteiger partial charge in [-0.15, -0.1) is 0 Å². The van der Waals surface area contributed by atoms with E-state index in [4.69, 9.17) is 14.8 Å². The fourth-order valence-corrected chi connectivity index (χ4v) is 5.76. The molecule has 0 unspecified atom stereocenters. The monoisotopic (exact) mass is 550 g/mol. The third kappa shape index (κ3) is 4.96. The minimum absolute atomic E-state index is 0.0635. The summed E-state index contributed by atoms with van der Waals surface area (Å²) in [6.45, 7) is -0.111. The molecule has 0 atom stereocenters. The number of nitrogens with one attached hydrogen (secondary N) is 1. The summed E-state index contributed by atoms with van der Waals surface area (Å²) in [6.07, 6.45) is 5.03. The number of para-hydroxylation sites is 1. The molecular formula is C30H26N6O3S. The van der Waals surface area contributed by atoms with E-state index in [1.165, 1.54) is 11.3 Å². The first kappa shape index (κ1) is 25.4. The highest BCUT2D eigenvalue weighted by atomic mass is 32.1. The molecule has 0 saturated heterocycles. The number of aryl methyl sites for hydroxylation is 1. The van der Waals surface area contributed by atoms with Crippen molar-refractivity contribution in [1.82, 2.24) is 24.6 Å². The molecule has 6 rings (SSSR count). The van der Waals surface area contributed by atoms with Crippen molar-refractivity contribution in [2.45, 2.75) is 12.8 Å². The van der Waals surface area contributed by atoms with Gasteiger partial charge < -0.3 is 9.64 Å². The number of thiazole rings is 1. The van der Waals surface area contributed by atoms with E-state index in [9.17, 15) is 9.59 Å². The second-order valence-corrected chi connectivity index (χ2v) is 10.5. The number of fused-ring (bicyclic) bond motifs is 3. The van der Waals surface area contributed by atoms with Gasteiger partial charge in [0.2, 0.25) is 0 Å². The van der Waals surface area contributed by atoms with E-state index in [1.807, 2.05) is 65.5 Å². The van der Waals surface area contributed by atoms with E-state index in [2.05, 4.69) is 10.3 Å². The predicted molar refractivity (Wildman–Crippen MR) is 154 cm³/mol. The molecule has 1 aliphatic rings. The maximum Gasteiger partial charge on any atom is 0.264 e. The van der Waals surface area contributed by atoms with E-state index in [-0.39, 0.29) is 18.4 Å². The van der Waals surface area contributed by atoms with Gasteiger partial charge in [0.1, 0.15) is 5.75 Å². The predicted octanol–water partition coefficient (Wildman–Crippen LogP) is 4.88. The number of hydrogen-bond acceptors (Lipinski definition) is 7. The second-order valence-electron chi connectivity index (χ2n) is 9.52. The topological polar surface area (TPSA) is 102 Å². The lowest BCUT2D eigenvalue weighted by Crippen LogP contribution is -2.21. The average Bonchev–Trinajstić information content (AvgIpc) is 3.58. The molecule has 40 heavy (non-hydrogen) atoms. The molecular weight excluding hydrogens is 524 g/mol. The standard InChI is InChI=1S/C30H26N6O3S/c1-35(2)29(38)19-10-12-21(13-11-19)36-27-23(26(34-36)20-7-6-16-31-17-20)14-15-24-28(27)40-30(32-24)33-25(37)18-39-22-8-4-3-5-9-22/h3-13,16-17H,14-15,18H2,1-2H3,(H,32,33,37). The minimum atomic E-state index is -0.277. The van der Waals surface area contributed by atoms with Crippen LogP contribution in [0.25, 0.3) is 27.5 Å². The highest BCUT2D eigenvalue weighted by molar-refractivity contribution is 7.19. The van der Waals surface area contributed by atoms with Crippen LogP contribution in [0.3, 0.4) is 0 Å². The van der Waals surface area contributed by atoms with Crippen LogP contribution in [0.2, 0.25) is 0 Å². The Bertz CT molecular complexity index is 1680. The normalized spacial score (nSPS) is 11.8. The summed E-state index contributed by atoms with van der Waals surface area (Å²) in [5, 5.41) is 8.43. The molecule has 1 N–H and O–H groups in total. The number of nitrogens with zero attached hydrogens (tertiary/aromatic N) is 5. The third-order valence-corrected chi connectivity index (χ3v) is 7.59. The Balaban J connectivity index is 1.35. The molecule has 2 aromatic carbocycles. The van der Waals surface area contributed by atoms with Gasteiger partial charge in [-0.3, -0.25) is 19.9 Å². The van der Waals surface area contributed by atoms with Crippen molar-refractivity contribution in [2.24, 2.45) is 0 Å². The molecule has 3 heterocycles. The summed E-state index contributed by atoms with van der Waals surface area (Å²) in [5.41, 5.74) is 6.16. The number of carbonyl (C=O) groups excluding carboxylic acids is 2. The van der Waals surface area contributed by atoms with Crippen molar-refractivity contribution < 1.29 is 14.3 Å². The zero-order valence-electron chi connectivity index (χ0n) is 22.0. The van der Waals surface area contributed by atoms with Crippen LogP contribution in [0.4, 0.5) is 5.13 Å². The van der Waals surface area contributed by atoms with Gasteiger partial charge in [-0.05, 0) is 61.4 Å². The molecule has 2 amide bonds. The van der Waals surface area contributed by atoms with Crippen molar-refractivity contribution in [3.05, 3.63) is 95.9 Å². The zero-order valence-corrected chi connectivity index (χ0v) is 22.8. The third-order valence-electron chi connectivity index (χ3n) is 6.57. The van der Waals surface area contributed by atoms with E-state index < -0.39 is 0 Å². The molecule has 0 fully saturated rings. The fraction of sp³-hybridized carbons (Fsp3) is 0.167. The number of hydrogen-bond donors (Lipinski definition) is 1. The van der Waals surface area contributed by atoms with Gasteiger partial charge in [-0.25, -0.2) is 9.67 Å². The van der Waals surface area contributed by atoms with Crippen LogP contribution in [0.1, 0.15) is 21.6 Å². The van der Waals surface area contributed by atoms with Gasteiger partial charge in [0.15, 0.2) is 11.7 Å². The Morgan fingerprint density at radius 2 is 1.82 bits per heavy atom. The summed E-state index contributed by atoms with van der Waals surface area (Å²) in [7, 11) is 3.46. The Morgan fingerprint density at radius 3 is 2.55 bits per heavy atom. The van der Waals surface area contributed by atoms with Crippen LogP contribution < -0.4 is 10.1 Å². The first-order valence-corrected chi connectivity index (χ1v) is 13.6. The maximum atomic E-state index is 12.6. The highest BCUT2D eigenvalue weighted by Crippen LogP contribution is 2.44. The van der Waals surface area contributed by atoms with Crippen LogP contribution in [0, 0.1) is 0 Å². The number of anilines is 1. The van der Waals surface area contributed by atoms with Crippen molar-refractivity contribution in [1.29, 1.82) is 0 Å². The Hall–Kier alpha value is -4.83. The first-order chi connectivity index (χ1) is 19.5. The molecule has 10 heteroatoms. The molecule has 5 aromatic rings. The van der Waals surface area contributed by atoms with Crippen molar-refractivity contribution in [3.63, 3.8) is 0 Å². The quantitative estimate of drug-likeness (QED) is 0.310. The van der Waals surface area contributed by atoms with Gasteiger partial charge in [0.05, 0.1) is 27.6 Å². The number of aromatic nitrogens is 4. The largest absolute Gasteiger partial charge is 0.484 e.